The Bertz CT molecular complexity index is 793. The van der Waals surface area contributed by atoms with Crippen molar-refractivity contribution in [1.29, 1.82) is 0 Å². The van der Waals surface area contributed by atoms with Crippen molar-refractivity contribution in [3.05, 3.63) is 96.3 Å². The number of benzene rings is 2. The summed E-state index contributed by atoms with van der Waals surface area (Å²) in [7, 11) is 0. The maximum absolute atomic E-state index is 12.0. The molecule has 124 valence electrons. The standard InChI is InChI=1S/C20H17N3O2/c24-19(15-25-18-9-5-2-6-10-18)22-23-20(16-7-3-1-4-8-16)17-11-13-21-14-12-17/h1-14H,15H2,(H,22,24). The van der Waals surface area contributed by atoms with Crippen LogP contribution < -0.4 is 10.2 Å². The number of rotatable bonds is 6. The van der Waals surface area contributed by atoms with Crippen molar-refractivity contribution in [1.82, 2.24) is 10.4 Å². The van der Waals surface area contributed by atoms with Crippen LogP contribution in [-0.4, -0.2) is 23.2 Å². The Hall–Kier alpha value is -3.47. The number of hydrazone groups is 1. The topological polar surface area (TPSA) is 63.6 Å². The fourth-order valence-electron chi connectivity index (χ4n) is 2.22. The summed E-state index contributed by atoms with van der Waals surface area (Å²) in [6.45, 7) is -0.105. The molecule has 0 aliphatic rings. The van der Waals surface area contributed by atoms with Gasteiger partial charge in [0.15, 0.2) is 6.61 Å². The Labute approximate surface area is 146 Å². The second-order valence-electron chi connectivity index (χ2n) is 5.20. The van der Waals surface area contributed by atoms with E-state index in [1.807, 2.05) is 60.7 Å². The quantitative estimate of drug-likeness (QED) is 0.558. The molecule has 0 saturated heterocycles. The van der Waals surface area contributed by atoms with Gasteiger partial charge in [0.1, 0.15) is 5.75 Å². The van der Waals surface area contributed by atoms with Gasteiger partial charge in [-0.15, -0.1) is 0 Å². The smallest absolute Gasteiger partial charge is 0.277 e. The minimum Gasteiger partial charge on any atom is -0.484 e. The Morgan fingerprint density at radius 1 is 0.880 bits per heavy atom. The average molecular weight is 331 g/mol. The van der Waals surface area contributed by atoms with Gasteiger partial charge in [-0.05, 0) is 24.3 Å². The summed E-state index contributed by atoms with van der Waals surface area (Å²) < 4.78 is 5.42. The van der Waals surface area contributed by atoms with E-state index < -0.39 is 0 Å². The van der Waals surface area contributed by atoms with Gasteiger partial charge in [0.25, 0.3) is 5.91 Å². The molecule has 0 spiro atoms. The SMILES string of the molecule is O=C(COc1ccccc1)NN=C(c1ccccc1)c1ccncc1. The number of pyridine rings is 1. The number of nitrogens with one attached hydrogen (secondary N) is 1. The van der Waals surface area contributed by atoms with Gasteiger partial charge < -0.3 is 4.74 Å². The highest BCUT2D eigenvalue weighted by molar-refractivity contribution is 6.13. The third-order valence-electron chi connectivity index (χ3n) is 3.41. The number of aromatic nitrogens is 1. The number of ether oxygens (including phenoxy) is 1. The molecule has 25 heavy (non-hydrogen) atoms. The molecule has 5 nitrogen and oxygen atoms in total. The van der Waals surface area contributed by atoms with E-state index in [9.17, 15) is 4.79 Å². The maximum atomic E-state index is 12.0. The summed E-state index contributed by atoms with van der Waals surface area (Å²) in [5.74, 6) is 0.311. The van der Waals surface area contributed by atoms with Crippen LogP contribution in [0.3, 0.4) is 0 Å². The molecule has 0 atom stereocenters. The number of amides is 1. The van der Waals surface area contributed by atoms with Gasteiger partial charge in [-0.1, -0.05) is 48.5 Å². The van der Waals surface area contributed by atoms with Crippen LogP contribution in [0.5, 0.6) is 5.75 Å². The Morgan fingerprint density at radius 3 is 2.16 bits per heavy atom. The molecule has 0 radical (unpaired) electrons. The average Bonchev–Trinajstić information content (AvgIpc) is 2.69. The second kappa shape index (κ2) is 8.40. The van der Waals surface area contributed by atoms with E-state index in [1.165, 1.54) is 0 Å². The minimum atomic E-state index is -0.327. The Kier molecular flexibility index (Phi) is 5.51. The second-order valence-corrected chi connectivity index (χ2v) is 5.20. The van der Waals surface area contributed by atoms with Crippen LogP contribution in [0.4, 0.5) is 0 Å². The van der Waals surface area contributed by atoms with Crippen LogP contribution in [0.1, 0.15) is 11.1 Å². The van der Waals surface area contributed by atoms with Gasteiger partial charge in [0.2, 0.25) is 0 Å². The molecule has 3 rings (SSSR count). The molecule has 0 saturated carbocycles. The lowest BCUT2D eigenvalue weighted by molar-refractivity contribution is -0.123. The first-order valence-corrected chi connectivity index (χ1v) is 7.83. The molecular weight excluding hydrogens is 314 g/mol. The van der Waals surface area contributed by atoms with E-state index in [4.69, 9.17) is 4.74 Å². The van der Waals surface area contributed by atoms with Crippen molar-refractivity contribution in [2.45, 2.75) is 0 Å². The number of carbonyl (C=O) groups excluding carboxylic acids is 1. The molecule has 1 heterocycles. The summed E-state index contributed by atoms with van der Waals surface area (Å²) in [5, 5.41) is 4.29. The first kappa shape index (κ1) is 16.4. The predicted octanol–water partition coefficient (Wildman–Crippen LogP) is 3.03. The normalized spacial score (nSPS) is 11.0. The summed E-state index contributed by atoms with van der Waals surface area (Å²) in [6, 6.07) is 22.5. The lowest BCUT2D eigenvalue weighted by Crippen LogP contribution is -2.26. The van der Waals surface area contributed by atoms with E-state index in [-0.39, 0.29) is 12.5 Å². The van der Waals surface area contributed by atoms with Crippen LogP contribution in [0.25, 0.3) is 0 Å². The number of nitrogens with zero attached hydrogens (tertiary/aromatic N) is 2. The lowest BCUT2D eigenvalue weighted by atomic mass is 10.0. The van der Waals surface area contributed by atoms with Crippen molar-refractivity contribution in [2.24, 2.45) is 5.10 Å². The fraction of sp³-hybridized carbons (Fsp3) is 0.0500. The number of hydrogen-bond acceptors (Lipinski definition) is 4. The number of carbonyl (C=O) groups is 1. The molecule has 5 heteroatoms. The zero-order valence-corrected chi connectivity index (χ0v) is 13.5. The minimum absolute atomic E-state index is 0.105. The zero-order valence-electron chi connectivity index (χ0n) is 13.5. The van der Waals surface area contributed by atoms with Crippen LogP contribution in [-0.2, 0) is 4.79 Å². The largest absolute Gasteiger partial charge is 0.484 e. The van der Waals surface area contributed by atoms with Crippen molar-refractivity contribution in [3.8, 4) is 5.75 Å². The molecule has 1 amide bonds. The third kappa shape index (κ3) is 4.75. The van der Waals surface area contributed by atoms with E-state index in [0.29, 0.717) is 11.5 Å². The molecule has 0 fully saturated rings. The van der Waals surface area contributed by atoms with E-state index >= 15 is 0 Å². The van der Waals surface area contributed by atoms with Crippen molar-refractivity contribution < 1.29 is 9.53 Å². The molecule has 2 aromatic carbocycles. The van der Waals surface area contributed by atoms with Gasteiger partial charge in [-0.2, -0.15) is 5.10 Å². The third-order valence-corrected chi connectivity index (χ3v) is 3.41. The van der Waals surface area contributed by atoms with Crippen LogP contribution in [0.2, 0.25) is 0 Å². The molecule has 0 unspecified atom stereocenters. The van der Waals surface area contributed by atoms with Crippen molar-refractivity contribution in [2.75, 3.05) is 6.61 Å². The molecule has 3 aromatic rings. The summed E-state index contributed by atoms with van der Waals surface area (Å²) in [6.07, 6.45) is 3.38. The Morgan fingerprint density at radius 2 is 1.48 bits per heavy atom. The van der Waals surface area contributed by atoms with Crippen LogP contribution in [0.15, 0.2) is 90.3 Å². The molecule has 1 aromatic heterocycles. The fourth-order valence-corrected chi connectivity index (χ4v) is 2.22. The van der Waals surface area contributed by atoms with E-state index in [0.717, 1.165) is 11.1 Å². The zero-order chi connectivity index (χ0) is 17.3. The summed E-state index contributed by atoms with van der Waals surface area (Å²) in [5.41, 5.74) is 4.98. The molecule has 0 bridgehead atoms. The summed E-state index contributed by atoms with van der Waals surface area (Å²) >= 11 is 0. The highest BCUT2D eigenvalue weighted by Crippen LogP contribution is 2.10. The lowest BCUT2D eigenvalue weighted by Gasteiger charge is -2.08. The van der Waals surface area contributed by atoms with Crippen LogP contribution in [0, 0.1) is 0 Å². The molecule has 1 N–H and O–H groups in total. The molecular formula is C20H17N3O2. The van der Waals surface area contributed by atoms with Crippen molar-refractivity contribution >= 4 is 11.6 Å². The molecule has 0 aliphatic heterocycles. The summed E-state index contributed by atoms with van der Waals surface area (Å²) in [4.78, 5) is 16.0. The monoisotopic (exact) mass is 331 g/mol. The van der Waals surface area contributed by atoms with E-state index in [2.05, 4.69) is 15.5 Å². The first-order chi connectivity index (χ1) is 12.3. The number of hydrogen-bond donors (Lipinski definition) is 1. The van der Waals surface area contributed by atoms with Crippen molar-refractivity contribution in [3.63, 3.8) is 0 Å². The van der Waals surface area contributed by atoms with Gasteiger partial charge in [-0.3, -0.25) is 9.78 Å². The highest BCUT2D eigenvalue weighted by atomic mass is 16.5. The number of para-hydroxylation sites is 1. The Balaban J connectivity index is 1.72. The van der Waals surface area contributed by atoms with Gasteiger partial charge in [-0.25, -0.2) is 5.43 Å². The maximum Gasteiger partial charge on any atom is 0.277 e. The predicted molar refractivity (Wildman–Crippen MR) is 96.4 cm³/mol. The first-order valence-electron chi connectivity index (χ1n) is 7.83. The van der Waals surface area contributed by atoms with E-state index in [1.54, 1.807) is 24.5 Å². The highest BCUT2D eigenvalue weighted by Gasteiger charge is 2.08. The van der Waals surface area contributed by atoms with Gasteiger partial charge in [0, 0.05) is 23.5 Å². The van der Waals surface area contributed by atoms with Gasteiger partial charge in [0.05, 0.1) is 5.71 Å². The van der Waals surface area contributed by atoms with Crippen LogP contribution >= 0.6 is 0 Å². The van der Waals surface area contributed by atoms with Gasteiger partial charge >= 0.3 is 0 Å². The molecule has 0 aliphatic carbocycles.